The van der Waals surface area contributed by atoms with E-state index in [4.69, 9.17) is 0 Å². The van der Waals surface area contributed by atoms with E-state index in [1.807, 2.05) is 0 Å². The molecule has 0 spiro atoms. The molecule has 0 aromatic carbocycles. The molecule has 0 N–H and O–H groups in total. The van der Waals surface area contributed by atoms with Gasteiger partial charge in [-0.3, -0.25) is 0 Å². The van der Waals surface area contributed by atoms with Gasteiger partial charge in [0.05, 0.1) is 12.6 Å². The molecule has 9 heavy (non-hydrogen) atoms. The largest absolute Gasteiger partial charge is 0.235 e. The normalized spacial score (nSPS) is 11.1. The first-order chi connectivity index (χ1) is 3.85. The lowest BCUT2D eigenvalue weighted by molar-refractivity contribution is -0.665. The van der Waals surface area contributed by atoms with Crippen LogP contribution >= 0.6 is 0 Å². The van der Waals surface area contributed by atoms with E-state index >= 15 is 0 Å². The van der Waals surface area contributed by atoms with Crippen molar-refractivity contribution in [2.75, 3.05) is 7.05 Å². The summed E-state index contributed by atoms with van der Waals surface area (Å²) in [6.45, 7) is 5.36. The molecule has 0 saturated heterocycles. The van der Waals surface area contributed by atoms with Gasteiger partial charge in [0.15, 0.2) is 5.03 Å². The molecule has 0 bridgehead atoms. The standard InChI is InChI=1S/C5H12N2O2/c1-5(2,3)6(4)7(8)9/h1-4H3. The summed E-state index contributed by atoms with van der Waals surface area (Å²) >= 11 is 0. The molecule has 0 radical (unpaired) electrons. The van der Waals surface area contributed by atoms with Crippen molar-refractivity contribution in [2.45, 2.75) is 26.3 Å². The van der Waals surface area contributed by atoms with E-state index < -0.39 is 5.03 Å². The molecular formula is C5H12N2O2. The number of rotatable bonds is 1. The number of nitro groups is 1. The summed E-state index contributed by atoms with van der Waals surface area (Å²) in [6, 6.07) is 0. The fourth-order valence-electron chi connectivity index (χ4n) is 0.245. The molecule has 0 atom stereocenters. The first kappa shape index (κ1) is 8.20. The molecule has 0 saturated carbocycles. The fourth-order valence-corrected chi connectivity index (χ4v) is 0.245. The molecule has 0 aromatic heterocycles. The molecule has 0 aliphatic carbocycles. The van der Waals surface area contributed by atoms with Crippen LogP contribution in [0.25, 0.3) is 0 Å². The minimum Gasteiger partial charge on any atom is -0.235 e. The van der Waals surface area contributed by atoms with Crippen molar-refractivity contribution in [2.24, 2.45) is 0 Å². The third-order valence-electron chi connectivity index (χ3n) is 1.22. The van der Waals surface area contributed by atoms with Crippen LogP contribution in [0.1, 0.15) is 20.8 Å². The van der Waals surface area contributed by atoms with Gasteiger partial charge in [0.25, 0.3) is 0 Å². The van der Waals surface area contributed by atoms with E-state index in [2.05, 4.69) is 0 Å². The van der Waals surface area contributed by atoms with Crippen LogP contribution in [0.3, 0.4) is 0 Å². The summed E-state index contributed by atoms with van der Waals surface area (Å²) in [5, 5.41) is 10.7. The number of hydrogen-bond acceptors (Lipinski definition) is 2. The third kappa shape index (κ3) is 2.30. The SMILES string of the molecule is CN([N+](=O)[O-])C(C)(C)C. The maximum Gasteiger partial charge on any atom is 0.160 e. The van der Waals surface area contributed by atoms with Crippen molar-refractivity contribution >= 4 is 0 Å². The molecule has 0 rings (SSSR count). The Kier molecular flexibility index (Phi) is 2.01. The second-order valence-corrected chi connectivity index (χ2v) is 2.93. The predicted octanol–water partition coefficient (Wildman–Crippen LogP) is 0.908. The quantitative estimate of drug-likeness (QED) is 0.393. The Morgan fingerprint density at radius 1 is 1.44 bits per heavy atom. The Morgan fingerprint density at radius 3 is 1.78 bits per heavy atom. The summed E-state index contributed by atoms with van der Waals surface area (Å²) < 4.78 is 0. The predicted molar refractivity (Wildman–Crippen MR) is 34.5 cm³/mol. The van der Waals surface area contributed by atoms with Crippen molar-refractivity contribution in [1.29, 1.82) is 0 Å². The summed E-state index contributed by atoms with van der Waals surface area (Å²) in [5.41, 5.74) is -0.385. The van der Waals surface area contributed by atoms with E-state index in [1.165, 1.54) is 7.05 Å². The third-order valence-corrected chi connectivity index (χ3v) is 1.22. The molecule has 4 nitrogen and oxygen atoms in total. The lowest BCUT2D eigenvalue weighted by Crippen LogP contribution is -2.41. The van der Waals surface area contributed by atoms with Crippen molar-refractivity contribution in [3.05, 3.63) is 10.1 Å². The minimum absolute atomic E-state index is 0.385. The molecule has 0 aliphatic rings. The highest BCUT2D eigenvalue weighted by Gasteiger charge is 2.24. The first-order valence-corrected chi connectivity index (χ1v) is 2.74. The van der Waals surface area contributed by atoms with Gasteiger partial charge in [-0.2, -0.15) is 0 Å². The smallest absolute Gasteiger partial charge is 0.160 e. The van der Waals surface area contributed by atoms with Gasteiger partial charge in [-0.1, -0.05) is 0 Å². The summed E-state index contributed by atoms with van der Waals surface area (Å²) in [5.74, 6) is 0. The van der Waals surface area contributed by atoms with Crippen LogP contribution < -0.4 is 0 Å². The zero-order valence-corrected chi connectivity index (χ0v) is 6.21. The van der Waals surface area contributed by atoms with Crippen LogP contribution in [-0.4, -0.2) is 22.6 Å². The summed E-state index contributed by atoms with van der Waals surface area (Å²) in [7, 11) is 1.46. The molecule has 0 heterocycles. The van der Waals surface area contributed by atoms with Gasteiger partial charge in [0.2, 0.25) is 0 Å². The lowest BCUT2D eigenvalue weighted by atomic mass is 10.1. The highest BCUT2D eigenvalue weighted by Crippen LogP contribution is 2.08. The van der Waals surface area contributed by atoms with Crippen LogP contribution in [0.4, 0.5) is 0 Å². The van der Waals surface area contributed by atoms with Crippen LogP contribution in [0.2, 0.25) is 0 Å². The lowest BCUT2D eigenvalue weighted by Gasteiger charge is -2.23. The average Bonchev–Trinajstić information content (AvgIpc) is 1.62. The zero-order chi connectivity index (χ0) is 7.65. The molecule has 0 unspecified atom stereocenters. The maximum atomic E-state index is 10.1. The van der Waals surface area contributed by atoms with Crippen molar-refractivity contribution in [1.82, 2.24) is 5.01 Å². The van der Waals surface area contributed by atoms with E-state index in [9.17, 15) is 10.1 Å². The Bertz CT molecular complexity index is 117. The highest BCUT2D eigenvalue weighted by molar-refractivity contribution is 4.65. The molecule has 4 heteroatoms. The van der Waals surface area contributed by atoms with Gasteiger partial charge in [-0.25, -0.2) is 10.1 Å². The highest BCUT2D eigenvalue weighted by atomic mass is 16.7. The topological polar surface area (TPSA) is 46.4 Å². The fraction of sp³-hybridized carbons (Fsp3) is 1.00. The van der Waals surface area contributed by atoms with Crippen LogP contribution in [0, 0.1) is 10.1 Å². The van der Waals surface area contributed by atoms with E-state index in [0.29, 0.717) is 0 Å². The molecule has 0 aromatic rings. The van der Waals surface area contributed by atoms with E-state index in [0.717, 1.165) is 5.01 Å². The number of nitrogens with zero attached hydrogens (tertiary/aromatic N) is 2. The van der Waals surface area contributed by atoms with E-state index in [-0.39, 0.29) is 5.54 Å². The first-order valence-electron chi connectivity index (χ1n) is 2.74. The second-order valence-electron chi connectivity index (χ2n) is 2.93. The molecular weight excluding hydrogens is 120 g/mol. The minimum atomic E-state index is -0.417. The van der Waals surface area contributed by atoms with Crippen LogP contribution in [0.15, 0.2) is 0 Å². The van der Waals surface area contributed by atoms with Gasteiger partial charge in [-0.15, -0.1) is 5.01 Å². The van der Waals surface area contributed by atoms with Crippen molar-refractivity contribution in [3.8, 4) is 0 Å². The van der Waals surface area contributed by atoms with Gasteiger partial charge in [-0.05, 0) is 20.8 Å². The molecule has 0 aliphatic heterocycles. The zero-order valence-electron chi connectivity index (χ0n) is 6.21. The van der Waals surface area contributed by atoms with Crippen molar-refractivity contribution < 1.29 is 5.03 Å². The van der Waals surface area contributed by atoms with Gasteiger partial charge >= 0.3 is 0 Å². The molecule has 0 amide bonds. The van der Waals surface area contributed by atoms with Crippen LogP contribution in [-0.2, 0) is 0 Å². The molecule has 0 fully saturated rings. The van der Waals surface area contributed by atoms with Crippen molar-refractivity contribution in [3.63, 3.8) is 0 Å². The van der Waals surface area contributed by atoms with Crippen LogP contribution in [0.5, 0.6) is 0 Å². The van der Waals surface area contributed by atoms with Gasteiger partial charge in [0, 0.05) is 0 Å². The Hall–Kier alpha value is -0.800. The Labute approximate surface area is 54.6 Å². The number of hydrazine groups is 1. The Balaban J connectivity index is 4.04. The van der Waals surface area contributed by atoms with Gasteiger partial charge < -0.3 is 0 Å². The molecule has 54 valence electrons. The second kappa shape index (κ2) is 2.21. The average molecular weight is 132 g/mol. The van der Waals surface area contributed by atoms with E-state index in [1.54, 1.807) is 20.8 Å². The summed E-state index contributed by atoms with van der Waals surface area (Å²) in [4.78, 5) is 10.1. The number of hydrogen-bond donors (Lipinski definition) is 0. The Morgan fingerprint density at radius 2 is 1.78 bits per heavy atom. The maximum absolute atomic E-state index is 10.1. The summed E-state index contributed by atoms with van der Waals surface area (Å²) in [6.07, 6.45) is 0. The van der Waals surface area contributed by atoms with Gasteiger partial charge in [0.1, 0.15) is 0 Å². The monoisotopic (exact) mass is 132 g/mol.